The van der Waals surface area contributed by atoms with Crippen LogP contribution in [0.3, 0.4) is 0 Å². The maximum absolute atomic E-state index is 5.62. The summed E-state index contributed by atoms with van der Waals surface area (Å²) < 4.78 is 1.87. The second kappa shape index (κ2) is 4.33. The molecule has 5 heteroatoms. The lowest BCUT2D eigenvalue weighted by Gasteiger charge is -2.18. The number of rotatable bonds is 3. The molecule has 5 nitrogen and oxygen atoms in total. The molecule has 3 rings (SSSR count). The SMILES string of the molecule is NCCC1CCN(c2nccn3nccc23)C1. The number of hydrogen-bond donors (Lipinski definition) is 1. The van der Waals surface area contributed by atoms with Crippen molar-refractivity contribution in [3.63, 3.8) is 0 Å². The molecule has 1 fully saturated rings. The van der Waals surface area contributed by atoms with E-state index in [0.29, 0.717) is 5.92 Å². The quantitative estimate of drug-likeness (QED) is 0.852. The first kappa shape index (κ1) is 10.5. The van der Waals surface area contributed by atoms with Crippen LogP contribution in [0.25, 0.3) is 5.52 Å². The van der Waals surface area contributed by atoms with Gasteiger partial charge in [0.15, 0.2) is 5.82 Å². The molecular weight excluding hydrogens is 214 g/mol. The van der Waals surface area contributed by atoms with Gasteiger partial charge in [0.2, 0.25) is 0 Å². The molecule has 1 aliphatic rings. The number of anilines is 1. The zero-order valence-corrected chi connectivity index (χ0v) is 9.79. The highest BCUT2D eigenvalue weighted by Crippen LogP contribution is 2.26. The van der Waals surface area contributed by atoms with Crippen molar-refractivity contribution in [1.82, 2.24) is 14.6 Å². The second-order valence-corrected chi connectivity index (χ2v) is 4.59. The molecule has 1 saturated heterocycles. The van der Waals surface area contributed by atoms with Crippen molar-refractivity contribution in [2.45, 2.75) is 12.8 Å². The molecule has 0 aliphatic carbocycles. The smallest absolute Gasteiger partial charge is 0.154 e. The predicted octanol–water partition coefficient (Wildman–Crippen LogP) is 0.904. The fourth-order valence-electron chi connectivity index (χ4n) is 2.58. The molecule has 17 heavy (non-hydrogen) atoms. The molecular formula is C12H17N5. The summed E-state index contributed by atoms with van der Waals surface area (Å²) in [5.41, 5.74) is 6.70. The van der Waals surface area contributed by atoms with Crippen molar-refractivity contribution in [3.05, 3.63) is 24.7 Å². The molecule has 0 bridgehead atoms. The first-order chi connectivity index (χ1) is 8.38. The van der Waals surface area contributed by atoms with Crippen molar-refractivity contribution in [2.75, 3.05) is 24.5 Å². The van der Waals surface area contributed by atoms with E-state index in [4.69, 9.17) is 5.73 Å². The number of nitrogens with zero attached hydrogens (tertiary/aromatic N) is 4. The Labute approximate surface area is 100 Å². The van der Waals surface area contributed by atoms with Crippen molar-refractivity contribution in [3.8, 4) is 0 Å². The fraction of sp³-hybridized carbons (Fsp3) is 0.500. The van der Waals surface area contributed by atoms with E-state index in [0.717, 1.165) is 37.4 Å². The highest BCUT2D eigenvalue weighted by molar-refractivity contribution is 5.68. The summed E-state index contributed by atoms with van der Waals surface area (Å²) in [6.07, 6.45) is 7.83. The van der Waals surface area contributed by atoms with E-state index >= 15 is 0 Å². The van der Waals surface area contributed by atoms with Gasteiger partial charge in [-0.05, 0) is 31.4 Å². The predicted molar refractivity (Wildman–Crippen MR) is 67.0 cm³/mol. The van der Waals surface area contributed by atoms with Gasteiger partial charge in [-0.3, -0.25) is 0 Å². The van der Waals surface area contributed by atoms with Crippen molar-refractivity contribution >= 4 is 11.3 Å². The van der Waals surface area contributed by atoms with Gasteiger partial charge in [0, 0.05) is 25.5 Å². The van der Waals surface area contributed by atoms with Gasteiger partial charge in [-0.2, -0.15) is 5.10 Å². The normalized spacial score (nSPS) is 20.3. The van der Waals surface area contributed by atoms with Gasteiger partial charge in [-0.15, -0.1) is 0 Å². The van der Waals surface area contributed by atoms with E-state index in [1.165, 1.54) is 6.42 Å². The molecule has 0 amide bonds. The van der Waals surface area contributed by atoms with E-state index in [2.05, 4.69) is 15.0 Å². The van der Waals surface area contributed by atoms with Gasteiger partial charge in [0.1, 0.15) is 5.52 Å². The Kier molecular flexibility index (Phi) is 2.68. The van der Waals surface area contributed by atoms with Crippen LogP contribution in [-0.2, 0) is 0 Å². The van der Waals surface area contributed by atoms with Crippen LogP contribution in [0.2, 0.25) is 0 Å². The number of hydrogen-bond acceptors (Lipinski definition) is 4. The van der Waals surface area contributed by atoms with Crippen molar-refractivity contribution < 1.29 is 0 Å². The minimum Gasteiger partial charge on any atom is -0.355 e. The van der Waals surface area contributed by atoms with E-state index in [1.54, 1.807) is 0 Å². The molecule has 0 spiro atoms. The largest absolute Gasteiger partial charge is 0.355 e. The lowest BCUT2D eigenvalue weighted by molar-refractivity contribution is 0.546. The summed E-state index contributed by atoms with van der Waals surface area (Å²) >= 11 is 0. The van der Waals surface area contributed by atoms with Crippen molar-refractivity contribution in [2.24, 2.45) is 11.7 Å². The van der Waals surface area contributed by atoms with E-state index in [-0.39, 0.29) is 0 Å². The van der Waals surface area contributed by atoms with Crippen LogP contribution >= 0.6 is 0 Å². The van der Waals surface area contributed by atoms with E-state index < -0.39 is 0 Å². The molecule has 1 atom stereocenters. The Morgan fingerprint density at radius 2 is 2.35 bits per heavy atom. The van der Waals surface area contributed by atoms with E-state index in [1.807, 2.05) is 29.2 Å². The maximum Gasteiger partial charge on any atom is 0.154 e. The Bertz CT molecular complexity index is 506. The van der Waals surface area contributed by atoms with Crippen LogP contribution in [0.15, 0.2) is 24.7 Å². The van der Waals surface area contributed by atoms with Crippen LogP contribution in [0.5, 0.6) is 0 Å². The number of fused-ring (bicyclic) bond motifs is 1. The third kappa shape index (κ3) is 1.86. The molecule has 2 aromatic heterocycles. The number of aromatic nitrogens is 3. The Hall–Kier alpha value is -1.62. The molecule has 0 radical (unpaired) electrons. The molecule has 1 aliphatic heterocycles. The van der Waals surface area contributed by atoms with Crippen LogP contribution < -0.4 is 10.6 Å². The van der Waals surface area contributed by atoms with Crippen LogP contribution in [-0.4, -0.2) is 34.2 Å². The second-order valence-electron chi connectivity index (χ2n) is 4.59. The Morgan fingerprint density at radius 3 is 3.24 bits per heavy atom. The van der Waals surface area contributed by atoms with Gasteiger partial charge < -0.3 is 10.6 Å². The zero-order valence-electron chi connectivity index (χ0n) is 9.79. The minimum absolute atomic E-state index is 0.713. The van der Waals surface area contributed by atoms with Crippen LogP contribution in [0.4, 0.5) is 5.82 Å². The minimum atomic E-state index is 0.713. The summed E-state index contributed by atoms with van der Waals surface area (Å²) in [5.74, 6) is 1.76. The van der Waals surface area contributed by atoms with Gasteiger partial charge in [-0.1, -0.05) is 0 Å². The average Bonchev–Trinajstić information content (AvgIpc) is 2.96. The highest BCUT2D eigenvalue weighted by atomic mass is 15.3. The Morgan fingerprint density at radius 1 is 1.41 bits per heavy atom. The average molecular weight is 231 g/mol. The summed E-state index contributed by atoms with van der Waals surface area (Å²) in [5, 5.41) is 4.24. The molecule has 0 saturated carbocycles. The van der Waals surface area contributed by atoms with Crippen LogP contribution in [0, 0.1) is 5.92 Å². The highest BCUT2D eigenvalue weighted by Gasteiger charge is 2.24. The molecule has 0 aromatic carbocycles. The monoisotopic (exact) mass is 231 g/mol. The van der Waals surface area contributed by atoms with Gasteiger partial charge >= 0.3 is 0 Å². The fourth-order valence-corrected chi connectivity index (χ4v) is 2.58. The third-order valence-electron chi connectivity index (χ3n) is 3.46. The molecule has 1 unspecified atom stereocenters. The van der Waals surface area contributed by atoms with Gasteiger partial charge in [-0.25, -0.2) is 9.50 Å². The summed E-state index contributed by atoms with van der Waals surface area (Å²) in [4.78, 5) is 6.83. The lowest BCUT2D eigenvalue weighted by atomic mass is 10.1. The number of nitrogens with two attached hydrogens (primary N) is 1. The van der Waals surface area contributed by atoms with E-state index in [9.17, 15) is 0 Å². The standard InChI is InChI=1S/C12H17N5/c13-4-1-10-3-7-16(9-10)12-11-2-5-15-17(11)8-6-14-12/h2,5-6,8,10H,1,3-4,7,9,13H2. The van der Waals surface area contributed by atoms with Gasteiger partial charge in [0.25, 0.3) is 0 Å². The maximum atomic E-state index is 5.62. The summed E-state index contributed by atoms with van der Waals surface area (Å²) in [6, 6.07) is 2.01. The topological polar surface area (TPSA) is 59.5 Å². The first-order valence-electron chi connectivity index (χ1n) is 6.12. The summed E-state index contributed by atoms with van der Waals surface area (Å²) in [7, 11) is 0. The summed E-state index contributed by atoms with van der Waals surface area (Å²) in [6.45, 7) is 2.92. The Balaban J connectivity index is 1.87. The molecule has 2 N–H and O–H groups in total. The molecule has 3 heterocycles. The lowest BCUT2D eigenvalue weighted by Crippen LogP contribution is -2.22. The van der Waals surface area contributed by atoms with Crippen LogP contribution in [0.1, 0.15) is 12.8 Å². The first-order valence-corrected chi connectivity index (χ1v) is 6.12. The third-order valence-corrected chi connectivity index (χ3v) is 3.46. The molecule has 90 valence electrons. The van der Waals surface area contributed by atoms with Crippen molar-refractivity contribution in [1.29, 1.82) is 0 Å². The van der Waals surface area contributed by atoms with Gasteiger partial charge in [0.05, 0.1) is 6.20 Å². The zero-order chi connectivity index (χ0) is 11.7. The molecule has 2 aromatic rings.